The highest BCUT2D eigenvalue weighted by atomic mass is 16.3. The minimum absolute atomic E-state index is 0.205. The molecule has 0 bridgehead atoms. The van der Waals surface area contributed by atoms with Crippen molar-refractivity contribution in [2.75, 3.05) is 13.2 Å². The monoisotopic (exact) mass is 143 g/mol. The van der Waals surface area contributed by atoms with E-state index in [1.165, 1.54) is 5.57 Å². The maximum absolute atomic E-state index is 8.62. The Hall–Kier alpha value is -0.340. The van der Waals surface area contributed by atoms with E-state index in [-0.39, 0.29) is 12.6 Å². The first kappa shape index (κ1) is 9.66. The van der Waals surface area contributed by atoms with Crippen molar-refractivity contribution in [1.29, 1.82) is 0 Å². The van der Waals surface area contributed by atoms with E-state index in [0.29, 0.717) is 0 Å². The Labute approximate surface area is 62.9 Å². The number of aliphatic hydroxyl groups excluding tert-OH is 1. The molecular formula is C8H17NO. The third-order valence-electron chi connectivity index (χ3n) is 1.32. The molecule has 0 amide bonds. The number of hydrogen-bond acceptors (Lipinski definition) is 2. The van der Waals surface area contributed by atoms with Crippen LogP contribution in [0, 0.1) is 0 Å². The van der Waals surface area contributed by atoms with E-state index in [9.17, 15) is 0 Å². The molecule has 0 aromatic rings. The van der Waals surface area contributed by atoms with Crippen molar-refractivity contribution >= 4 is 0 Å². The Morgan fingerprint density at radius 1 is 1.70 bits per heavy atom. The molecule has 0 saturated heterocycles. The molecule has 0 aliphatic rings. The summed E-state index contributed by atoms with van der Waals surface area (Å²) in [5.41, 5.74) is 1.18. The van der Waals surface area contributed by atoms with Crippen LogP contribution >= 0.6 is 0 Å². The first-order chi connectivity index (χ1) is 4.66. The predicted molar refractivity (Wildman–Crippen MR) is 44.0 cm³/mol. The summed E-state index contributed by atoms with van der Waals surface area (Å²) in [5, 5.41) is 11.8. The van der Waals surface area contributed by atoms with Crippen molar-refractivity contribution in [3.8, 4) is 0 Å². The zero-order chi connectivity index (χ0) is 7.98. The second-order valence-electron chi connectivity index (χ2n) is 2.74. The lowest BCUT2D eigenvalue weighted by molar-refractivity contribution is 0.252. The van der Waals surface area contributed by atoms with Crippen LogP contribution in [-0.4, -0.2) is 24.3 Å². The zero-order valence-electron chi connectivity index (χ0n) is 6.85. The van der Waals surface area contributed by atoms with Crippen molar-refractivity contribution in [1.82, 2.24) is 5.32 Å². The summed E-state index contributed by atoms with van der Waals surface area (Å²) in [5.74, 6) is 0. The molecule has 2 heteroatoms. The Morgan fingerprint density at radius 2 is 2.30 bits per heavy atom. The van der Waals surface area contributed by atoms with Crippen LogP contribution in [0.1, 0.15) is 20.3 Å². The fourth-order valence-electron chi connectivity index (χ4n) is 0.597. The van der Waals surface area contributed by atoms with Crippen molar-refractivity contribution in [3.63, 3.8) is 0 Å². The van der Waals surface area contributed by atoms with Gasteiger partial charge in [0.2, 0.25) is 0 Å². The lowest BCUT2D eigenvalue weighted by Gasteiger charge is -2.09. The van der Waals surface area contributed by atoms with Crippen LogP contribution in [0.2, 0.25) is 0 Å². The van der Waals surface area contributed by atoms with Crippen LogP contribution < -0.4 is 5.32 Å². The SMILES string of the molecule is C=C(C)CCNC(C)CO. The zero-order valence-corrected chi connectivity index (χ0v) is 6.85. The lowest BCUT2D eigenvalue weighted by Crippen LogP contribution is -2.30. The van der Waals surface area contributed by atoms with Gasteiger partial charge in [-0.05, 0) is 26.8 Å². The molecule has 1 atom stereocenters. The van der Waals surface area contributed by atoms with Crippen molar-refractivity contribution < 1.29 is 5.11 Å². The normalized spacial score (nSPS) is 13.1. The highest BCUT2D eigenvalue weighted by molar-refractivity contribution is 4.88. The molecule has 10 heavy (non-hydrogen) atoms. The lowest BCUT2D eigenvalue weighted by atomic mass is 10.2. The molecular weight excluding hydrogens is 126 g/mol. The Balaban J connectivity index is 3.11. The van der Waals surface area contributed by atoms with Crippen LogP contribution in [0.25, 0.3) is 0 Å². The van der Waals surface area contributed by atoms with Gasteiger partial charge in [-0.1, -0.05) is 5.57 Å². The maximum Gasteiger partial charge on any atom is 0.0581 e. The first-order valence-electron chi connectivity index (χ1n) is 3.65. The minimum atomic E-state index is 0.205. The molecule has 2 N–H and O–H groups in total. The van der Waals surface area contributed by atoms with E-state index < -0.39 is 0 Å². The third-order valence-corrected chi connectivity index (χ3v) is 1.32. The smallest absolute Gasteiger partial charge is 0.0581 e. The molecule has 60 valence electrons. The summed E-state index contributed by atoms with van der Waals surface area (Å²) < 4.78 is 0. The van der Waals surface area contributed by atoms with Gasteiger partial charge in [0.1, 0.15) is 0 Å². The predicted octanol–water partition coefficient (Wildman–Crippen LogP) is 0.923. The summed E-state index contributed by atoms with van der Waals surface area (Å²) >= 11 is 0. The molecule has 0 aliphatic heterocycles. The van der Waals surface area contributed by atoms with E-state index in [1.807, 2.05) is 13.8 Å². The van der Waals surface area contributed by atoms with Gasteiger partial charge >= 0.3 is 0 Å². The molecule has 0 aromatic carbocycles. The van der Waals surface area contributed by atoms with Gasteiger partial charge in [0.15, 0.2) is 0 Å². The second kappa shape index (κ2) is 5.45. The average Bonchev–Trinajstić information content (AvgIpc) is 1.87. The largest absolute Gasteiger partial charge is 0.395 e. The van der Waals surface area contributed by atoms with Crippen LogP contribution in [0.3, 0.4) is 0 Å². The van der Waals surface area contributed by atoms with E-state index >= 15 is 0 Å². The van der Waals surface area contributed by atoms with Crippen LogP contribution in [-0.2, 0) is 0 Å². The maximum atomic E-state index is 8.62. The molecule has 0 fully saturated rings. The summed E-state index contributed by atoms with van der Waals surface area (Å²) in [6.45, 7) is 8.86. The molecule has 0 aliphatic carbocycles. The Kier molecular flexibility index (Phi) is 5.26. The fraction of sp³-hybridized carbons (Fsp3) is 0.750. The van der Waals surface area contributed by atoms with Gasteiger partial charge in [-0.15, -0.1) is 6.58 Å². The summed E-state index contributed by atoms with van der Waals surface area (Å²) in [6, 6.07) is 0.208. The Bertz CT molecular complexity index is 101. The Morgan fingerprint density at radius 3 is 2.70 bits per heavy atom. The van der Waals surface area contributed by atoms with Gasteiger partial charge in [-0.25, -0.2) is 0 Å². The van der Waals surface area contributed by atoms with E-state index in [0.717, 1.165) is 13.0 Å². The molecule has 0 saturated carbocycles. The van der Waals surface area contributed by atoms with Gasteiger partial charge in [-0.3, -0.25) is 0 Å². The number of nitrogens with one attached hydrogen (secondary N) is 1. The van der Waals surface area contributed by atoms with Gasteiger partial charge in [0, 0.05) is 6.04 Å². The molecule has 0 spiro atoms. The molecule has 0 rings (SSSR count). The highest BCUT2D eigenvalue weighted by Crippen LogP contribution is 1.92. The minimum Gasteiger partial charge on any atom is -0.395 e. The second-order valence-corrected chi connectivity index (χ2v) is 2.74. The van der Waals surface area contributed by atoms with Gasteiger partial charge in [0.25, 0.3) is 0 Å². The topological polar surface area (TPSA) is 32.3 Å². The molecule has 1 unspecified atom stereocenters. The molecule has 0 heterocycles. The average molecular weight is 143 g/mol. The van der Waals surface area contributed by atoms with Gasteiger partial charge in [-0.2, -0.15) is 0 Å². The van der Waals surface area contributed by atoms with Crippen molar-refractivity contribution in [3.05, 3.63) is 12.2 Å². The van der Waals surface area contributed by atoms with Crippen molar-refractivity contribution in [2.45, 2.75) is 26.3 Å². The van der Waals surface area contributed by atoms with E-state index in [2.05, 4.69) is 11.9 Å². The number of aliphatic hydroxyl groups is 1. The van der Waals surface area contributed by atoms with Crippen LogP contribution in [0.4, 0.5) is 0 Å². The summed E-state index contributed by atoms with van der Waals surface area (Å²) in [7, 11) is 0. The fourth-order valence-corrected chi connectivity index (χ4v) is 0.597. The van der Waals surface area contributed by atoms with E-state index in [1.54, 1.807) is 0 Å². The van der Waals surface area contributed by atoms with E-state index in [4.69, 9.17) is 5.11 Å². The number of hydrogen-bond donors (Lipinski definition) is 2. The third kappa shape index (κ3) is 5.79. The first-order valence-corrected chi connectivity index (χ1v) is 3.65. The highest BCUT2D eigenvalue weighted by Gasteiger charge is 1.95. The van der Waals surface area contributed by atoms with Crippen LogP contribution in [0.5, 0.6) is 0 Å². The summed E-state index contributed by atoms with van der Waals surface area (Å²) in [4.78, 5) is 0. The molecule has 2 nitrogen and oxygen atoms in total. The number of rotatable bonds is 5. The molecule has 0 radical (unpaired) electrons. The van der Waals surface area contributed by atoms with Gasteiger partial charge < -0.3 is 10.4 Å². The van der Waals surface area contributed by atoms with Crippen LogP contribution in [0.15, 0.2) is 12.2 Å². The van der Waals surface area contributed by atoms with Crippen molar-refractivity contribution in [2.24, 2.45) is 0 Å². The molecule has 0 aromatic heterocycles. The summed E-state index contributed by atoms with van der Waals surface area (Å²) in [6.07, 6.45) is 0.990. The standard InChI is InChI=1S/C8H17NO/c1-7(2)4-5-9-8(3)6-10/h8-10H,1,4-6H2,2-3H3. The van der Waals surface area contributed by atoms with Gasteiger partial charge in [0.05, 0.1) is 6.61 Å². The quantitative estimate of drug-likeness (QED) is 0.561.